The number of aliphatic hydroxyl groups is 1. The van der Waals surface area contributed by atoms with Gasteiger partial charge in [0.15, 0.2) is 5.82 Å². The van der Waals surface area contributed by atoms with E-state index < -0.39 is 0 Å². The van der Waals surface area contributed by atoms with Crippen LogP contribution in [0.4, 0.5) is 0 Å². The van der Waals surface area contributed by atoms with Crippen molar-refractivity contribution in [3.8, 4) is 17.4 Å². The van der Waals surface area contributed by atoms with Gasteiger partial charge >= 0.3 is 0 Å². The Balaban J connectivity index is 2.34. The Labute approximate surface area is 92.0 Å². The average molecular weight is 218 g/mol. The Hall–Kier alpha value is -2.08. The fraction of sp³-hybridized carbons (Fsp3) is 0.200. The molecule has 0 aliphatic carbocycles. The van der Waals surface area contributed by atoms with E-state index in [0.29, 0.717) is 23.1 Å². The van der Waals surface area contributed by atoms with E-state index in [0.717, 1.165) is 0 Å². The van der Waals surface area contributed by atoms with Gasteiger partial charge in [-0.25, -0.2) is 9.97 Å². The number of aromatic nitrogens is 4. The summed E-state index contributed by atoms with van der Waals surface area (Å²) in [6.07, 6.45) is 1.57. The highest BCUT2D eigenvalue weighted by atomic mass is 16.5. The molecule has 16 heavy (non-hydrogen) atoms. The molecule has 2 rings (SSSR count). The van der Waals surface area contributed by atoms with E-state index in [1.165, 1.54) is 7.11 Å². The van der Waals surface area contributed by atoms with Gasteiger partial charge in [0.2, 0.25) is 5.88 Å². The number of nitrogens with zero attached hydrogens (tertiary/aromatic N) is 4. The second-order valence-electron chi connectivity index (χ2n) is 2.99. The molecule has 0 saturated carbocycles. The molecular weight excluding hydrogens is 208 g/mol. The van der Waals surface area contributed by atoms with Crippen LogP contribution in [0.3, 0.4) is 0 Å². The van der Waals surface area contributed by atoms with E-state index in [1.807, 2.05) is 0 Å². The number of hydrogen-bond donors (Lipinski definition) is 1. The highest BCUT2D eigenvalue weighted by molar-refractivity contribution is 5.48. The zero-order chi connectivity index (χ0) is 11.4. The SMILES string of the molecule is COc1ccc(-c2nccc(CO)n2)nn1. The zero-order valence-corrected chi connectivity index (χ0v) is 8.66. The summed E-state index contributed by atoms with van der Waals surface area (Å²) in [5.74, 6) is 0.865. The van der Waals surface area contributed by atoms with Crippen LogP contribution in [0.1, 0.15) is 5.69 Å². The molecule has 0 aliphatic heterocycles. The molecular formula is C10H10N4O2. The van der Waals surface area contributed by atoms with Crippen LogP contribution in [-0.4, -0.2) is 32.4 Å². The Kier molecular flexibility index (Phi) is 3.02. The number of ether oxygens (including phenoxy) is 1. The van der Waals surface area contributed by atoms with Crippen LogP contribution in [0.15, 0.2) is 24.4 Å². The number of methoxy groups -OCH3 is 1. The topological polar surface area (TPSA) is 81.0 Å². The molecule has 0 radical (unpaired) electrons. The second kappa shape index (κ2) is 4.63. The third-order valence-corrected chi connectivity index (χ3v) is 1.95. The van der Waals surface area contributed by atoms with Crippen molar-refractivity contribution in [3.05, 3.63) is 30.1 Å². The van der Waals surface area contributed by atoms with Crippen LogP contribution in [-0.2, 0) is 6.61 Å². The predicted molar refractivity (Wildman–Crippen MR) is 55.5 cm³/mol. The summed E-state index contributed by atoms with van der Waals surface area (Å²) in [7, 11) is 1.52. The third-order valence-electron chi connectivity index (χ3n) is 1.95. The van der Waals surface area contributed by atoms with Crippen molar-refractivity contribution in [2.45, 2.75) is 6.61 Å². The Morgan fingerprint density at radius 2 is 2.12 bits per heavy atom. The number of hydrogen-bond acceptors (Lipinski definition) is 6. The summed E-state index contributed by atoms with van der Waals surface area (Å²) >= 11 is 0. The Morgan fingerprint density at radius 3 is 2.75 bits per heavy atom. The summed E-state index contributed by atoms with van der Waals surface area (Å²) in [4.78, 5) is 8.16. The van der Waals surface area contributed by atoms with Crippen LogP contribution < -0.4 is 4.74 Å². The van der Waals surface area contributed by atoms with Gasteiger partial charge in [-0.15, -0.1) is 10.2 Å². The van der Waals surface area contributed by atoms with Gasteiger partial charge in [-0.1, -0.05) is 0 Å². The molecule has 0 saturated heterocycles. The molecule has 0 bridgehead atoms. The molecule has 6 heteroatoms. The normalized spacial score (nSPS) is 10.1. The maximum atomic E-state index is 8.94. The van der Waals surface area contributed by atoms with E-state index in [4.69, 9.17) is 9.84 Å². The van der Waals surface area contributed by atoms with Gasteiger partial charge in [0, 0.05) is 12.3 Å². The van der Waals surface area contributed by atoms with Crippen molar-refractivity contribution >= 4 is 0 Å². The molecule has 2 aromatic rings. The van der Waals surface area contributed by atoms with Crippen LogP contribution in [0, 0.1) is 0 Å². The molecule has 6 nitrogen and oxygen atoms in total. The van der Waals surface area contributed by atoms with Gasteiger partial charge in [-0.2, -0.15) is 0 Å². The summed E-state index contributed by atoms with van der Waals surface area (Å²) in [6.45, 7) is -0.126. The largest absolute Gasteiger partial charge is 0.480 e. The van der Waals surface area contributed by atoms with Gasteiger partial charge in [-0.3, -0.25) is 0 Å². The summed E-state index contributed by atoms with van der Waals surface area (Å²) in [5, 5.41) is 16.7. The van der Waals surface area contributed by atoms with Gasteiger partial charge < -0.3 is 9.84 Å². The van der Waals surface area contributed by atoms with E-state index in [1.54, 1.807) is 24.4 Å². The summed E-state index contributed by atoms with van der Waals surface area (Å²) < 4.78 is 4.90. The first-order chi connectivity index (χ1) is 7.83. The molecule has 2 heterocycles. The average Bonchev–Trinajstić information content (AvgIpc) is 2.39. The molecule has 0 atom stereocenters. The highest BCUT2D eigenvalue weighted by Gasteiger charge is 2.04. The van der Waals surface area contributed by atoms with Crippen molar-refractivity contribution in [2.24, 2.45) is 0 Å². The number of rotatable bonds is 3. The standard InChI is InChI=1S/C10H10N4O2/c1-16-9-3-2-8(13-14-9)10-11-5-4-7(6-15)12-10/h2-5,15H,6H2,1H3. The first-order valence-corrected chi connectivity index (χ1v) is 4.64. The summed E-state index contributed by atoms with van der Waals surface area (Å²) in [6, 6.07) is 5.03. The lowest BCUT2D eigenvalue weighted by molar-refractivity contribution is 0.277. The molecule has 0 fully saturated rings. The molecule has 0 unspecified atom stereocenters. The number of aliphatic hydroxyl groups excluding tert-OH is 1. The molecule has 0 amide bonds. The van der Waals surface area contributed by atoms with Crippen molar-refractivity contribution in [1.82, 2.24) is 20.2 Å². The molecule has 1 N–H and O–H groups in total. The molecule has 0 aliphatic rings. The third kappa shape index (κ3) is 2.12. The minimum Gasteiger partial charge on any atom is -0.480 e. The lowest BCUT2D eigenvalue weighted by Gasteiger charge is -2.01. The molecule has 82 valence electrons. The van der Waals surface area contributed by atoms with E-state index in [-0.39, 0.29) is 6.61 Å². The monoisotopic (exact) mass is 218 g/mol. The first-order valence-electron chi connectivity index (χ1n) is 4.64. The lowest BCUT2D eigenvalue weighted by Crippen LogP contribution is -1.98. The van der Waals surface area contributed by atoms with Gasteiger partial charge in [-0.05, 0) is 12.1 Å². The molecule has 0 aromatic carbocycles. The van der Waals surface area contributed by atoms with Gasteiger partial charge in [0.1, 0.15) is 5.69 Å². The van der Waals surface area contributed by atoms with Crippen molar-refractivity contribution < 1.29 is 9.84 Å². The van der Waals surface area contributed by atoms with Crippen LogP contribution in [0.2, 0.25) is 0 Å². The summed E-state index contributed by atoms with van der Waals surface area (Å²) in [5.41, 5.74) is 1.08. The van der Waals surface area contributed by atoms with Crippen molar-refractivity contribution in [2.75, 3.05) is 7.11 Å². The van der Waals surface area contributed by atoms with Crippen molar-refractivity contribution in [1.29, 1.82) is 0 Å². The minimum atomic E-state index is -0.126. The second-order valence-corrected chi connectivity index (χ2v) is 2.99. The Bertz CT molecular complexity index is 473. The molecule has 2 aromatic heterocycles. The van der Waals surface area contributed by atoms with Crippen LogP contribution >= 0.6 is 0 Å². The van der Waals surface area contributed by atoms with E-state index in [9.17, 15) is 0 Å². The quantitative estimate of drug-likeness (QED) is 0.804. The Morgan fingerprint density at radius 1 is 1.25 bits per heavy atom. The van der Waals surface area contributed by atoms with E-state index >= 15 is 0 Å². The lowest BCUT2D eigenvalue weighted by atomic mass is 10.3. The minimum absolute atomic E-state index is 0.126. The predicted octanol–water partition coefficient (Wildman–Crippen LogP) is 0.434. The molecule has 0 spiro atoms. The fourth-order valence-corrected chi connectivity index (χ4v) is 1.16. The first kappa shape index (κ1) is 10.4. The van der Waals surface area contributed by atoms with E-state index in [2.05, 4.69) is 20.2 Å². The highest BCUT2D eigenvalue weighted by Crippen LogP contribution is 2.13. The fourth-order valence-electron chi connectivity index (χ4n) is 1.16. The zero-order valence-electron chi connectivity index (χ0n) is 8.66. The van der Waals surface area contributed by atoms with Gasteiger partial charge in [0.05, 0.1) is 19.4 Å². The van der Waals surface area contributed by atoms with Crippen LogP contribution in [0.25, 0.3) is 11.5 Å². The van der Waals surface area contributed by atoms with Crippen molar-refractivity contribution in [3.63, 3.8) is 0 Å². The maximum absolute atomic E-state index is 8.94. The smallest absolute Gasteiger partial charge is 0.233 e. The maximum Gasteiger partial charge on any atom is 0.233 e. The van der Waals surface area contributed by atoms with Crippen LogP contribution in [0.5, 0.6) is 5.88 Å². The van der Waals surface area contributed by atoms with Gasteiger partial charge in [0.25, 0.3) is 0 Å².